The fourth-order valence-corrected chi connectivity index (χ4v) is 3.25. The van der Waals surface area contributed by atoms with Crippen LogP contribution in [0.25, 0.3) is 0 Å². The van der Waals surface area contributed by atoms with Crippen LogP contribution in [-0.2, 0) is 19.1 Å². The van der Waals surface area contributed by atoms with E-state index in [1.165, 1.54) is 6.92 Å². The molecule has 1 aliphatic rings. The summed E-state index contributed by atoms with van der Waals surface area (Å²) in [4.78, 5) is 37.0. The predicted octanol–water partition coefficient (Wildman–Crippen LogP) is 2.76. The number of aliphatic hydroxyl groups is 2. The molecule has 0 aromatic rings. The normalized spacial score (nSPS) is 36.1. The molecular formula is C22H34O6. The third kappa shape index (κ3) is 6.38. The predicted molar refractivity (Wildman–Crippen MR) is 106 cm³/mol. The Morgan fingerprint density at radius 1 is 1.21 bits per heavy atom. The lowest BCUT2D eigenvalue weighted by Gasteiger charge is -2.34. The summed E-state index contributed by atoms with van der Waals surface area (Å²) in [7, 11) is 0. The van der Waals surface area contributed by atoms with Crippen molar-refractivity contribution < 1.29 is 29.3 Å². The van der Waals surface area contributed by atoms with Gasteiger partial charge in [-0.1, -0.05) is 51.5 Å². The van der Waals surface area contributed by atoms with E-state index in [2.05, 4.69) is 0 Å². The molecule has 0 amide bonds. The maximum absolute atomic E-state index is 12.9. The van der Waals surface area contributed by atoms with Crippen molar-refractivity contribution >= 4 is 17.5 Å². The van der Waals surface area contributed by atoms with Crippen LogP contribution in [0, 0.1) is 17.3 Å². The van der Waals surface area contributed by atoms with Gasteiger partial charge in [-0.15, -0.1) is 0 Å². The van der Waals surface area contributed by atoms with Gasteiger partial charge in [0, 0.05) is 18.3 Å². The molecule has 0 fully saturated rings. The molecule has 0 saturated heterocycles. The molecule has 0 saturated carbocycles. The van der Waals surface area contributed by atoms with Gasteiger partial charge in [0.15, 0.2) is 11.9 Å². The Kier molecular flexibility index (Phi) is 8.76. The summed E-state index contributed by atoms with van der Waals surface area (Å²) < 4.78 is 5.25. The highest BCUT2D eigenvalue weighted by atomic mass is 16.5. The highest BCUT2D eigenvalue weighted by Gasteiger charge is 2.42. The molecule has 2 N–H and O–H groups in total. The first-order valence-corrected chi connectivity index (χ1v) is 9.80. The van der Waals surface area contributed by atoms with Gasteiger partial charge >= 0.3 is 5.97 Å². The summed E-state index contributed by atoms with van der Waals surface area (Å²) in [6, 6.07) is 0. The topological polar surface area (TPSA) is 101 Å². The van der Waals surface area contributed by atoms with Gasteiger partial charge in [0.05, 0.1) is 24.0 Å². The average Bonchev–Trinajstić information content (AvgIpc) is 2.61. The number of ether oxygens (including phenoxy) is 1. The van der Waals surface area contributed by atoms with Crippen molar-refractivity contribution in [2.24, 2.45) is 17.3 Å². The van der Waals surface area contributed by atoms with E-state index in [0.717, 1.165) is 5.57 Å². The van der Waals surface area contributed by atoms with E-state index in [-0.39, 0.29) is 23.9 Å². The molecule has 1 heterocycles. The van der Waals surface area contributed by atoms with Crippen LogP contribution in [0.15, 0.2) is 23.8 Å². The van der Waals surface area contributed by atoms with Crippen molar-refractivity contribution in [3.8, 4) is 0 Å². The van der Waals surface area contributed by atoms with Crippen LogP contribution in [-0.4, -0.2) is 46.1 Å². The summed E-state index contributed by atoms with van der Waals surface area (Å²) >= 11 is 0. The zero-order valence-electron chi connectivity index (χ0n) is 17.8. The highest BCUT2D eigenvalue weighted by Crippen LogP contribution is 2.31. The van der Waals surface area contributed by atoms with Gasteiger partial charge in [-0.05, 0) is 20.3 Å². The number of ketones is 2. The lowest BCUT2D eigenvalue weighted by molar-refractivity contribution is -0.159. The van der Waals surface area contributed by atoms with Gasteiger partial charge < -0.3 is 14.9 Å². The molecular weight excluding hydrogens is 360 g/mol. The summed E-state index contributed by atoms with van der Waals surface area (Å²) in [5.74, 6) is -2.29. The van der Waals surface area contributed by atoms with E-state index in [1.54, 1.807) is 20.8 Å². The van der Waals surface area contributed by atoms with Gasteiger partial charge in [0.2, 0.25) is 0 Å². The molecule has 6 nitrogen and oxygen atoms in total. The number of carbonyl (C=O) groups excluding carboxylic acids is 3. The zero-order valence-corrected chi connectivity index (χ0v) is 17.8. The number of hydrogen-bond donors (Lipinski definition) is 2. The standard InChI is InChI=1S/C22H34O6/c1-13-8-7-9-14(2)20(26)15(3)21(27)22(5,6)18(24)12-19(25)28-17(11-10-13)16(4)23/h7,9-10,14-15,17-18,20,24,26H,8,11-12H2,1-6H3/b9-7+,13-10+. The van der Waals surface area contributed by atoms with Crippen molar-refractivity contribution in [1.29, 1.82) is 0 Å². The average molecular weight is 395 g/mol. The Morgan fingerprint density at radius 2 is 1.82 bits per heavy atom. The Labute approximate surface area is 167 Å². The van der Waals surface area contributed by atoms with Crippen LogP contribution in [0.2, 0.25) is 0 Å². The largest absolute Gasteiger partial charge is 0.454 e. The molecule has 0 spiro atoms. The summed E-state index contributed by atoms with van der Waals surface area (Å²) in [6.07, 6.45) is 3.02. The number of rotatable bonds is 1. The summed E-state index contributed by atoms with van der Waals surface area (Å²) in [5, 5.41) is 21.1. The van der Waals surface area contributed by atoms with Crippen molar-refractivity contribution in [3.63, 3.8) is 0 Å². The number of aliphatic hydroxyl groups excluding tert-OH is 2. The molecule has 0 aromatic heterocycles. The number of Topliss-reactive ketones (excluding diaryl/α,β-unsaturated/α-hetero) is 2. The molecule has 28 heavy (non-hydrogen) atoms. The van der Waals surface area contributed by atoms with Crippen LogP contribution >= 0.6 is 0 Å². The number of carbonyl (C=O) groups is 3. The fraction of sp³-hybridized carbons (Fsp3) is 0.682. The molecule has 6 heteroatoms. The second-order valence-corrected chi connectivity index (χ2v) is 8.45. The Hall–Kier alpha value is -1.79. The molecule has 0 bridgehead atoms. The maximum atomic E-state index is 12.9. The van der Waals surface area contributed by atoms with Crippen molar-refractivity contribution in [2.75, 3.05) is 0 Å². The van der Waals surface area contributed by atoms with E-state index < -0.39 is 42.0 Å². The number of hydrogen-bond acceptors (Lipinski definition) is 6. The van der Waals surface area contributed by atoms with Crippen LogP contribution in [0.5, 0.6) is 0 Å². The van der Waals surface area contributed by atoms with Gasteiger partial charge in [-0.2, -0.15) is 0 Å². The smallest absolute Gasteiger partial charge is 0.309 e. The van der Waals surface area contributed by atoms with E-state index in [0.29, 0.717) is 6.42 Å². The molecule has 158 valence electrons. The monoisotopic (exact) mass is 394 g/mol. The fourth-order valence-electron chi connectivity index (χ4n) is 3.25. The zero-order chi connectivity index (χ0) is 21.6. The van der Waals surface area contributed by atoms with Gasteiger partial charge in [0.1, 0.15) is 5.78 Å². The van der Waals surface area contributed by atoms with Crippen LogP contribution in [0.4, 0.5) is 0 Å². The van der Waals surface area contributed by atoms with Gasteiger partial charge in [-0.25, -0.2) is 0 Å². The molecule has 5 unspecified atom stereocenters. The van der Waals surface area contributed by atoms with Crippen LogP contribution in [0.3, 0.4) is 0 Å². The lowest BCUT2D eigenvalue weighted by atomic mass is 9.73. The molecule has 5 atom stereocenters. The van der Waals surface area contributed by atoms with Gasteiger partial charge in [0.25, 0.3) is 0 Å². The SMILES string of the molecule is CC(=O)C1C/C=C(\C)C/C=C/C(C)C(O)C(C)C(=O)C(C)(C)C(O)CC(=O)O1. The third-order valence-corrected chi connectivity index (χ3v) is 5.58. The first-order chi connectivity index (χ1) is 12.9. The Balaban J connectivity index is 3.21. The van der Waals surface area contributed by atoms with E-state index in [4.69, 9.17) is 4.74 Å². The Bertz CT molecular complexity index is 645. The molecule has 0 radical (unpaired) electrons. The van der Waals surface area contributed by atoms with Crippen molar-refractivity contribution in [1.82, 2.24) is 0 Å². The summed E-state index contributed by atoms with van der Waals surface area (Å²) in [5.41, 5.74) is -0.250. The number of allylic oxidation sites excluding steroid dienone is 2. The van der Waals surface area contributed by atoms with Crippen molar-refractivity contribution in [3.05, 3.63) is 23.8 Å². The number of esters is 1. The maximum Gasteiger partial charge on any atom is 0.309 e. The van der Waals surface area contributed by atoms with Crippen molar-refractivity contribution in [2.45, 2.75) is 79.1 Å². The molecule has 0 aromatic carbocycles. The van der Waals surface area contributed by atoms with Crippen LogP contribution in [0.1, 0.15) is 60.8 Å². The first-order valence-electron chi connectivity index (χ1n) is 9.80. The van der Waals surface area contributed by atoms with Gasteiger partial charge in [-0.3, -0.25) is 14.4 Å². The first kappa shape index (κ1) is 24.2. The van der Waals surface area contributed by atoms with E-state index >= 15 is 0 Å². The van der Waals surface area contributed by atoms with E-state index in [9.17, 15) is 24.6 Å². The summed E-state index contributed by atoms with van der Waals surface area (Å²) in [6.45, 7) is 9.83. The number of cyclic esters (lactones) is 1. The second kappa shape index (κ2) is 10.1. The minimum absolute atomic E-state index is 0.248. The highest BCUT2D eigenvalue weighted by molar-refractivity contribution is 5.88. The Morgan fingerprint density at radius 3 is 2.39 bits per heavy atom. The van der Waals surface area contributed by atoms with Crippen LogP contribution < -0.4 is 0 Å². The molecule has 0 aliphatic carbocycles. The minimum atomic E-state index is -1.29. The lowest BCUT2D eigenvalue weighted by Crippen LogP contribution is -2.45. The second-order valence-electron chi connectivity index (χ2n) is 8.45. The minimum Gasteiger partial charge on any atom is -0.454 e. The third-order valence-electron chi connectivity index (χ3n) is 5.58. The molecule has 1 rings (SSSR count). The molecule has 1 aliphatic heterocycles. The van der Waals surface area contributed by atoms with E-state index in [1.807, 2.05) is 32.1 Å². The quantitative estimate of drug-likeness (QED) is 0.524.